The summed E-state index contributed by atoms with van der Waals surface area (Å²) in [6.45, 7) is 1.94. The molecule has 1 aromatic carbocycles. The maximum atomic E-state index is 9.84. The van der Waals surface area contributed by atoms with E-state index in [0.717, 1.165) is 30.0 Å². The van der Waals surface area contributed by atoms with Gasteiger partial charge in [0, 0.05) is 23.9 Å². The molecule has 0 saturated carbocycles. The SMILES string of the molecule is Cc1cc(Nc2cccc3c2CC(O)CC3)ncn1. The zero-order valence-corrected chi connectivity index (χ0v) is 10.9. The van der Waals surface area contributed by atoms with E-state index < -0.39 is 0 Å². The molecule has 1 aliphatic rings. The second-order valence-corrected chi connectivity index (χ2v) is 5.01. The quantitative estimate of drug-likeness (QED) is 0.865. The molecule has 4 nitrogen and oxygen atoms in total. The molecule has 98 valence electrons. The Labute approximate surface area is 112 Å². The van der Waals surface area contributed by atoms with Crippen molar-refractivity contribution in [3.05, 3.63) is 47.4 Å². The monoisotopic (exact) mass is 255 g/mol. The van der Waals surface area contributed by atoms with Crippen molar-refractivity contribution in [3.8, 4) is 0 Å². The highest BCUT2D eigenvalue weighted by atomic mass is 16.3. The van der Waals surface area contributed by atoms with Crippen LogP contribution >= 0.6 is 0 Å². The molecule has 1 atom stereocenters. The highest BCUT2D eigenvalue weighted by Gasteiger charge is 2.19. The number of aryl methyl sites for hydroxylation is 2. The fourth-order valence-electron chi connectivity index (χ4n) is 2.55. The fourth-order valence-corrected chi connectivity index (χ4v) is 2.55. The predicted molar refractivity (Wildman–Crippen MR) is 74.5 cm³/mol. The summed E-state index contributed by atoms with van der Waals surface area (Å²) >= 11 is 0. The van der Waals surface area contributed by atoms with Crippen molar-refractivity contribution in [3.63, 3.8) is 0 Å². The van der Waals surface area contributed by atoms with Crippen molar-refractivity contribution in [2.24, 2.45) is 0 Å². The molecule has 0 aliphatic heterocycles. The van der Waals surface area contributed by atoms with Crippen molar-refractivity contribution in [1.29, 1.82) is 0 Å². The minimum atomic E-state index is -0.234. The highest BCUT2D eigenvalue weighted by molar-refractivity contribution is 5.63. The number of nitrogens with zero attached hydrogens (tertiary/aromatic N) is 2. The summed E-state index contributed by atoms with van der Waals surface area (Å²) in [7, 11) is 0. The lowest BCUT2D eigenvalue weighted by molar-refractivity contribution is 0.159. The zero-order chi connectivity index (χ0) is 13.2. The molecule has 0 saturated heterocycles. The summed E-state index contributed by atoms with van der Waals surface area (Å²) in [4.78, 5) is 8.31. The molecule has 2 N–H and O–H groups in total. The maximum absolute atomic E-state index is 9.84. The second-order valence-electron chi connectivity index (χ2n) is 5.01. The Hall–Kier alpha value is -1.94. The van der Waals surface area contributed by atoms with Crippen LogP contribution in [0.1, 0.15) is 23.2 Å². The van der Waals surface area contributed by atoms with Crippen molar-refractivity contribution in [1.82, 2.24) is 9.97 Å². The summed E-state index contributed by atoms with van der Waals surface area (Å²) < 4.78 is 0. The molecule has 1 aliphatic carbocycles. The van der Waals surface area contributed by atoms with Gasteiger partial charge in [-0.3, -0.25) is 0 Å². The largest absolute Gasteiger partial charge is 0.393 e. The Morgan fingerprint density at radius 3 is 3.05 bits per heavy atom. The third-order valence-corrected chi connectivity index (χ3v) is 3.53. The molecule has 1 aromatic heterocycles. The van der Waals surface area contributed by atoms with Gasteiger partial charge < -0.3 is 10.4 Å². The number of benzene rings is 1. The van der Waals surface area contributed by atoms with Crippen LogP contribution in [0.25, 0.3) is 0 Å². The van der Waals surface area contributed by atoms with Gasteiger partial charge in [0.25, 0.3) is 0 Å². The van der Waals surface area contributed by atoms with Crippen LogP contribution in [0.3, 0.4) is 0 Å². The van der Waals surface area contributed by atoms with Crippen molar-refractivity contribution in [2.75, 3.05) is 5.32 Å². The number of rotatable bonds is 2. The lowest BCUT2D eigenvalue weighted by atomic mass is 9.88. The number of aromatic nitrogens is 2. The Kier molecular flexibility index (Phi) is 3.17. The van der Waals surface area contributed by atoms with E-state index in [-0.39, 0.29) is 6.10 Å². The summed E-state index contributed by atoms with van der Waals surface area (Å²) in [5.41, 5.74) is 4.50. The van der Waals surface area contributed by atoms with Gasteiger partial charge in [-0.2, -0.15) is 0 Å². The molecule has 3 rings (SSSR count). The van der Waals surface area contributed by atoms with Gasteiger partial charge in [0.15, 0.2) is 0 Å². The molecule has 0 radical (unpaired) electrons. The van der Waals surface area contributed by atoms with Gasteiger partial charge in [-0.1, -0.05) is 12.1 Å². The highest BCUT2D eigenvalue weighted by Crippen LogP contribution is 2.29. The third-order valence-electron chi connectivity index (χ3n) is 3.53. The number of hydrogen-bond donors (Lipinski definition) is 2. The van der Waals surface area contributed by atoms with E-state index in [1.165, 1.54) is 11.1 Å². The Bertz CT molecular complexity index is 598. The molecule has 1 heterocycles. The molecule has 19 heavy (non-hydrogen) atoms. The van der Waals surface area contributed by atoms with E-state index >= 15 is 0 Å². The summed E-state index contributed by atoms with van der Waals surface area (Å²) in [6.07, 6.45) is 3.82. The normalized spacial score (nSPS) is 17.9. The van der Waals surface area contributed by atoms with Crippen molar-refractivity contribution < 1.29 is 5.11 Å². The molecule has 0 fully saturated rings. The van der Waals surface area contributed by atoms with E-state index in [0.29, 0.717) is 6.42 Å². The number of nitrogens with one attached hydrogen (secondary N) is 1. The summed E-state index contributed by atoms with van der Waals surface area (Å²) in [5, 5.41) is 13.2. The van der Waals surface area contributed by atoms with Gasteiger partial charge >= 0.3 is 0 Å². The standard InChI is InChI=1S/C15H17N3O/c1-10-7-15(17-9-16-10)18-14-4-2-3-11-5-6-12(19)8-13(11)14/h2-4,7,9,12,19H,5-6,8H2,1H3,(H,16,17,18). The van der Waals surface area contributed by atoms with Crippen LogP contribution in [0.2, 0.25) is 0 Å². The topological polar surface area (TPSA) is 58.0 Å². The zero-order valence-electron chi connectivity index (χ0n) is 10.9. The van der Waals surface area contributed by atoms with Crippen LogP contribution in [-0.4, -0.2) is 21.2 Å². The first-order chi connectivity index (χ1) is 9.22. The molecular formula is C15H17N3O. The van der Waals surface area contributed by atoms with Crippen molar-refractivity contribution >= 4 is 11.5 Å². The molecule has 0 bridgehead atoms. The molecular weight excluding hydrogens is 238 g/mol. The van der Waals surface area contributed by atoms with E-state index in [1.807, 2.05) is 25.1 Å². The molecule has 4 heteroatoms. The average molecular weight is 255 g/mol. The second kappa shape index (κ2) is 4.97. The molecule has 1 unspecified atom stereocenters. The van der Waals surface area contributed by atoms with E-state index in [2.05, 4.69) is 21.4 Å². The van der Waals surface area contributed by atoms with E-state index in [9.17, 15) is 5.11 Å². The van der Waals surface area contributed by atoms with Crippen molar-refractivity contribution in [2.45, 2.75) is 32.3 Å². The molecule has 0 spiro atoms. The van der Waals surface area contributed by atoms with Gasteiger partial charge in [0.05, 0.1) is 6.10 Å². The molecule has 2 aromatic rings. The van der Waals surface area contributed by atoms with Gasteiger partial charge in [0.1, 0.15) is 12.1 Å². The van der Waals surface area contributed by atoms with E-state index in [4.69, 9.17) is 0 Å². The van der Waals surface area contributed by atoms with Gasteiger partial charge in [0.2, 0.25) is 0 Å². The average Bonchev–Trinajstić information content (AvgIpc) is 2.39. The number of aliphatic hydroxyl groups is 1. The van der Waals surface area contributed by atoms with Crippen LogP contribution in [0, 0.1) is 6.92 Å². The fraction of sp³-hybridized carbons (Fsp3) is 0.333. The summed E-state index contributed by atoms with van der Waals surface area (Å²) in [6, 6.07) is 8.14. The summed E-state index contributed by atoms with van der Waals surface area (Å²) in [5.74, 6) is 0.793. The van der Waals surface area contributed by atoms with E-state index in [1.54, 1.807) is 6.33 Å². The van der Waals surface area contributed by atoms with Crippen LogP contribution in [0.5, 0.6) is 0 Å². The lowest BCUT2D eigenvalue weighted by Gasteiger charge is -2.23. The number of hydrogen-bond acceptors (Lipinski definition) is 4. The maximum Gasteiger partial charge on any atom is 0.133 e. The number of fused-ring (bicyclic) bond motifs is 1. The number of anilines is 2. The van der Waals surface area contributed by atoms with Crippen LogP contribution < -0.4 is 5.32 Å². The first kappa shape index (κ1) is 12.1. The van der Waals surface area contributed by atoms with Crippen LogP contribution in [0.15, 0.2) is 30.6 Å². The van der Waals surface area contributed by atoms with Crippen LogP contribution in [-0.2, 0) is 12.8 Å². The minimum Gasteiger partial charge on any atom is -0.393 e. The van der Waals surface area contributed by atoms with Gasteiger partial charge in [-0.25, -0.2) is 9.97 Å². The lowest BCUT2D eigenvalue weighted by Crippen LogP contribution is -2.19. The van der Waals surface area contributed by atoms with Gasteiger partial charge in [-0.15, -0.1) is 0 Å². The smallest absolute Gasteiger partial charge is 0.133 e. The van der Waals surface area contributed by atoms with Gasteiger partial charge in [-0.05, 0) is 37.0 Å². The third kappa shape index (κ3) is 2.58. The van der Waals surface area contributed by atoms with Crippen LogP contribution in [0.4, 0.5) is 11.5 Å². The minimum absolute atomic E-state index is 0.234. The Balaban J connectivity index is 1.93. The Morgan fingerprint density at radius 2 is 2.21 bits per heavy atom. The number of aliphatic hydroxyl groups excluding tert-OH is 1. The first-order valence-electron chi connectivity index (χ1n) is 6.57. The molecule has 0 amide bonds. The Morgan fingerprint density at radius 1 is 1.32 bits per heavy atom. The first-order valence-corrected chi connectivity index (χ1v) is 6.57. The predicted octanol–water partition coefficient (Wildman–Crippen LogP) is 2.38.